The number of carbonyl (C=O) groups excluding carboxylic acids is 1. The first-order valence-corrected chi connectivity index (χ1v) is 7.72. The molecule has 2 rings (SSSR count). The lowest BCUT2D eigenvalue weighted by Gasteiger charge is -2.10. The molecule has 120 valence electrons. The standard InChI is InChI=1S/C16H14BrClN2O3/c1-22-14-7-10(6-13(17)15(14)23-2)9-19-20-16(21)11-4-3-5-12(18)8-11/h3-9H,1-2H3,(H,20,21)/b19-9+. The quantitative estimate of drug-likeness (QED) is 0.615. The molecule has 2 aromatic carbocycles. The highest BCUT2D eigenvalue weighted by atomic mass is 79.9. The normalized spacial score (nSPS) is 10.6. The minimum atomic E-state index is -0.344. The van der Waals surface area contributed by atoms with Gasteiger partial charge in [-0.05, 0) is 51.8 Å². The van der Waals surface area contributed by atoms with E-state index in [0.717, 1.165) is 10.0 Å². The van der Waals surface area contributed by atoms with Crippen molar-refractivity contribution in [2.24, 2.45) is 5.10 Å². The fourth-order valence-electron chi connectivity index (χ4n) is 1.87. The van der Waals surface area contributed by atoms with Crippen LogP contribution in [0.15, 0.2) is 46.0 Å². The highest BCUT2D eigenvalue weighted by molar-refractivity contribution is 9.10. The van der Waals surface area contributed by atoms with Gasteiger partial charge < -0.3 is 9.47 Å². The molecule has 0 aliphatic carbocycles. The molecule has 1 amide bonds. The van der Waals surface area contributed by atoms with Crippen molar-refractivity contribution in [3.8, 4) is 11.5 Å². The number of hydrogen-bond acceptors (Lipinski definition) is 4. The van der Waals surface area contributed by atoms with Crippen LogP contribution in [0.25, 0.3) is 0 Å². The molecular formula is C16H14BrClN2O3. The highest BCUT2D eigenvalue weighted by Gasteiger charge is 2.10. The number of ether oxygens (including phenoxy) is 2. The Hall–Kier alpha value is -2.05. The van der Waals surface area contributed by atoms with Crippen LogP contribution >= 0.6 is 27.5 Å². The topological polar surface area (TPSA) is 59.9 Å². The van der Waals surface area contributed by atoms with E-state index in [4.69, 9.17) is 21.1 Å². The van der Waals surface area contributed by atoms with Crippen molar-refractivity contribution in [1.29, 1.82) is 0 Å². The molecule has 2 aromatic rings. The number of nitrogens with zero attached hydrogens (tertiary/aromatic N) is 1. The summed E-state index contributed by atoms with van der Waals surface area (Å²) in [4.78, 5) is 11.9. The predicted molar refractivity (Wildman–Crippen MR) is 93.8 cm³/mol. The van der Waals surface area contributed by atoms with Gasteiger partial charge in [0, 0.05) is 10.6 Å². The van der Waals surface area contributed by atoms with Crippen molar-refractivity contribution in [3.63, 3.8) is 0 Å². The molecular weight excluding hydrogens is 384 g/mol. The zero-order valence-corrected chi connectivity index (χ0v) is 14.8. The average Bonchev–Trinajstić information content (AvgIpc) is 2.54. The Morgan fingerprint density at radius 1 is 1.26 bits per heavy atom. The van der Waals surface area contributed by atoms with E-state index >= 15 is 0 Å². The summed E-state index contributed by atoms with van der Waals surface area (Å²) in [5.41, 5.74) is 3.62. The van der Waals surface area contributed by atoms with E-state index < -0.39 is 0 Å². The van der Waals surface area contributed by atoms with Gasteiger partial charge in [-0.2, -0.15) is 5.10 Å². The molecule has 0 spiro atoms. The lowest BCUT2D eigenvalue weighted by Crippen LogP contribution is -2.17. The fraction of sp³-hybridized carbons (Fsp3) is 0.125. The first-order chi connectivity index (χ1) is 11.0. The van der Waals surface area contributed by atoms with Gasteiger partial charge in [-0.25, -0.2) is 5.43 Å². The Morgan fingerprint density at radius 3 is 2.70 bits per heavy atom. The second kappa shape index (κ2) is 7.99. The summed E-state index contributed by atoms with van der Waals surface area (Å²) < 4.78 is 11.2. The van der Waals surface area contributed by atoms with E-state index in [-0.39, 0.29) is 5.91 Å². The first kappa shape index (κ1) is 17.3. The molecule has 5 nitrogen and oxygen atoms in total. The number of methoxy groups -OCH3 is 2. The minimum Gasteiger partial charge on any atom is -0.493 e. The third kappa shape index (κ3) is 4.46. The highest BCUT2D eigenvalue weighted by Crippen LogP contribution is 2.35. The van der Waals surface area contributed by atoms with Gasteiger partial charge in [-0.3, -0.25) is 4.79 Å². The van der Waals surface area contributed by atoms with Gasteiger partial charge >= 0.3 is 0 Å². The van der Waals surface area contributed by atoms with Crippen LogP contribution in [0.2, 0.25) is 5.02 Å². The third-order valence-electron chi connectivity index (χ3n) is 2.92. The molecule has 23 heavy (non-hydrogen) atoms. The molecule has 0 aromatic heterocycles. The second-order valence-corrected chi connectivity index (χ2v) is 5.74. The lowest BCUT2D eigenvalue weighted by molar-refractivity contribution is 0.0955. The van der Waals surface area contributed by atoms with Crippen molar-refractivity contribution in [1.82, 2.24) is 5.43 Å². The average molecular weight is 398 g/mol. The molecule has 0 atom stereocenters. The minimum absolute atomic E-state index is 0.344. The van der Waals surface area contributed by atoms with E-state index in [0.29, 0.717) is 22.1 Å². The van der Waals surface area contributed by atoms with Gasteiger partial charge in [0.25, 0.3) is 5.91 Å². The van der Waals surface area contributed by atoms with E-state index in [1.807, 2.05) is 0 Å². The Labute approximate surface area is 147 Å². The van der Waals surface area contributed by atoms with Crippen LogP contribution in [-0.4, -0.2) is 26.3 Å². The lowest BCUT2D eigenvalue weighted by atomic mass is 10.2. The van der Waals surface area contributed by atoms with Crippen molar-refractivity contribution in [3.05, 3.63) is 57.0 Å². The first-order valence-electron chi connectivity index (χ1n) is 6.55. The van der Waals surface area contributed by atoms with Crippen molar-refractivity contribution < 1.29 is 14.3 Å². The summed E-state index contributed by atoms with van der Waals surface area (Å²) in [6.07, 6.45) is 1.51. The molecule has 0 saturated carbocycles. The van der Waals surface area contributed by atoms with E-state index in [1.165, 1.54) is 6.21 Å². The molecule has 7 heteroatoms. The molecule has 0 heterocycles. The summed E-state index contributed by atoms with van der Waals surface area (Å²) in [5.74, 6) is 0.806. The number of halogens is 2. The molecule has 1 N–H and O–H groups in total. The van der Waals surface area contributed by atoms with Gasteiger partial charge in [-0.15, -0.1) is 0 Å². The van der Waals surface area contributed by atoms with Crippen LogP contribution in [0, 0.1) is 0 Å². The summed E-state index contributed by atoms with van der Waals surface area (Å²) >= 11 is 9.24. The SMILES string of the molecule is COc1cc(/C=N/NC(=O)c2cccc(Cl)c2)cc(Br)c1OC. The van der Waals surface area contributed by atoms with Crippen LogP contribution in [0.3, 0.4) is 0 Å². The van der Waals surface area contributed by atoms with Gasteiger partial charge in [-0.1, -0.05) is 17.7 Å². The van der Waals surface area contributed by atoms with E-state index in [9.17, 15) is 4.79 Å². The Balaban J connectivity index is 2.11. The third-order valence-corrected chi connectivity index (χ3v) is 3.75. The van der Waals surface area contributed by atoms with Gasteiger partial charge in [0.05, 0.1) is 24.9 Å². The van der Waals surface area contributed by atoms with E-state index in [1.54, 1.807) is 50.6 Å². The van der Waals surface area contributed by atoms with Crippen LogP contribution in [0.1, 0.15) is 15.9 Å². The van der Waals surface area contributed by atoms with Crippen LogP contribution in [0.5, 0.6) is 11.5 Å². The Morgan fingerprint density at radius 2 is 2.04 bits per heavy atom. The number of rotatable bonds is 5. The Bertz CT molecular complexity index is 750. The molecule has 0 unspecified atom stereocenters. The molecule has 0 bridgehead atoms. The van der Waals surface area contributed by atoms with Crippen molar-refractivity contribution in [2.45, 2.75) is 0 Å². The molecule has 0 aliphatic heterocycles. The smallest absolute Gasteiger partial charge is 0.271 e. The van der Waals surface area contributed by atoms with Gasteiger partial charge in [0.1, 0.15) is 0 Å². The van der Waals surface area contributed by atoms with Crippen LogP contribution in [0.4, 0.5) is 0 Å². The van der Waals surface area contributed by atoms with Crippen molar-refractivity contribution in [2.75, 3.05) is 14.2 Å². The number of hydrazone groups is 1. The summed E-state index contributed by atoms with van der Waals surface area (Å²) in [7, 11) is 3.10. The number of nitrogens with one attached hydrogen (secondary N) is 1. The predicted octanol–water partition coefficient (Wildman–Crippen LogP) is 3.88. The number of hydrogen-bond donors (Lipinski definition) is 1. The van der Waals surface area contributed by atoms with Crippen LogP contribution in [-0.2, 0) is 0 Å². The number of amides is 1. The number of benzene rings is 2. The Kier molecular flexibility index (Phi) is 6.01. The molecule has 0 fully saturated rings. The summed E-state index contributed by atoms with van der Waals surface area (Å²) in [6.45, 7) is 0. The molecule has 0 radical (unpaired) electrons. The second-order valence-electron chi connectivity index (χ2n) is 4.45. The maximum atomic E-state index is 11.9. The molecule has 0 aliphatic rings. The molecule has 0 saturated heterocycles. The monoisotopic (exact) mass is 396 g/mol. The fourth-order valence-corrected chi connectivity index (χ4v) is 2.68. The zero-order chi connectivity index (χ0) is 16.8. The van der Waals surface area contributed by atoms with E-state index in [2.05, 4.69) is 26.5 Å². The summed E-state index contributed by atoms with van der Waals surface area (Å²) in [6, 6.07) is 10.2. The van der Waals surface area contributed by atoms with Crippen LogP contribution < -0.4 is 14.9 Å². The largest absolute Gasteiger partial charge is 0.493 e. The van der Waals surface area contributed by atoms with Gasteiger partial charge in [0.15, 0.2) is 11.5 Å². The number of carbonyl (C=O) groups is 1. The summed E-state index contributed by atoms with van der Waals surface area (Å²) in [5, 5.41) is 4.43. The van der Waals surface area contributed by atoms with Gasteiger partial charge in [0.2, 0.25) is 0 Å². The maximum absolute atomic E-state index is 11.9. The maximum Gasteiger partial charge on any atom is 0.271 e. The van der Waals surface area contributed by atoms with Crippen molar-refractivity contribution >= 4 is 39.7 Å². The zero-order valence-electron chi connectivity index (χ0n) is 12.5.